The number of hydrogen-bond donors (Lipinski definition) is 0. The van der Waals surface area contributed by atoms with E-state index in [1.165, 1.54) is 60.6 Å². The Morgan fingerprint density at radius 1 is 0.694 bits per heavy atom. The van der Waals surface area contributed by atoms with Gasteiger partial charge in [0.1, 0.15) is 0 Å². The highest BCUT2D eigenvalue weighted by atomic mass is 15.1. The van der Waals surface area contributed by atoms with Crippen LogP contribution < -0.4 is 9.13 Å². The summed E-state index contributed by atoms with van der Waals surface area (Å²) in [5.74, 6) is 1.60. The van der Waals surface area contributed by atoms with Gasteiger partial charge in [-0.05, 0) is 70.8 Å². The molecule has 0 amide bonds. The van der Waals surface area contributed by atoms with E-state index in [2.05, 4.69) is 139 Å². The fraction of sp³-hybridized carbons (Fsp3) is 0.118. The van der Waals surface area contributed by atoms with Crippen LogP contribution in [0.25, 0.3) is 55.6 Å². The molecule has 6 aromatic rings. The Bertz CT molecular complexity index is 1840. The largest absolute Gasteiger partial charge is 0.455 e. The molecular formula is C34H28N2+2. The molecule has 1 aliphatic heterocycles. The summed E-state index contributed by atoms with van der Waals surface area (Å²) in [4.78, 5) is 0. The number of allylic oxidation sites excluding steroid dienone is 1. The topological polar surface area (TPSA) is 7.76 Å². The fourth-order valence-corrected chi connectivity index (χ4v) is 5.92. The van der Waals surface area contributed by atoms with E-state index in [0.717, 1.165) is 6.42 Å². The third-order valence-corrected chi connectivity index (χ3v) is 7.72. The van der Waals surface area contributed by atoms with Crippen molar-refractivity contribution in [1.29, 1.82) is 0 Å². The quantitative estimate of drug-likeness (QED) is 0.141. The van der Waals surface area contributed by atoms with Gasteiger partial charge in [0.05, 0.1) is 11.5 Å². The summed E-state index contributed by atoms with van der Waals surface area (Å²) in [5.41, 5.74) is 5.11. The van der Waals surface area contributed by atoms with E-state index in [1.54, 1.807) is 0 Å². The molecule has 4 aromatic carbocycles. The minimum Gasteiger partial charge on any atom is -0.108 e. The van der Waals surface area contributed by atoms with Gasteiger partial charge in [-0.3, -0.25) is 0 Å². The second-order valence-corrected chi connectivity index (χ2v) is 10.00. The van der Waals surface area contributed by atoms with Gasteiger partial charge in [0.15, 0.2) is 12.4 Å². The Hall–Kier alpha value is -4.30. The molecule has 2 heteroatoms. The summed E-state index contributed by atoms with van der Waals surface area (Å²) < 4.78 is 4.76. The summed E-state index contributed by atoms with van der Waals surface area (Å²) in [6, 6.07) is 35.5. The third kappa shape index (κ3) is 3.18. The molecule has 2 aromatic heterocycles. The summed E-state index contributed by atoms with van der Waals surface area (Å²) in [7, 11) is 0. The van der Waals surface area contributed by atoms with Gasteiger partial charge in [-0.25, -0.2) is 0 Å². The highest BCUT2D eigenvalue weighted by molar-refractivity contribution is 6.12. The summed E-state index contributed by atoms with van der Waals surface area (Å²) >= 11 is 0. The zero-order valence-corrected chi connectivity index (χ0v) is 20.6. The zero-order valence-electron chi connectivity index (χ0n) is 20.6. The molecule has 0 spiro atoms. The molecular weight excluding hydrogens is 436 g/mol. The number of aryl methyl sites for hydroxylation is 1. The molecule has 36 heavy (non-hydrogen) atoms. The number of fused-ring (bicyclic) bond motifs is 6. The van der Waals surface area contributed by atoms with Crippen LogP contribution in [0.1, 0.15) is 30.5 Å². The van der Waals surface area contributed by atoms with Crippen molar-refractivity contribution >= 4 is 38.5 Å². The third-order valence-electron chi connectivity index (χ3n) is 7.72. The average Bonchev–Trinajstić information content (AvgIpc) is 2.92. The maximum Gasteiger partial charge on any atom is 0.455 e. The predicted molar refractivity (Wildman–Crippen MR) is 149 cm³/mol. The van der Waals surface area contributed by atoms with E-state index < -0.39 is 0 Å². The lowest BCUT2D eigenvalue weighted by molar-refractivity contribution is -0.726. The first-order valence-electron chi connectivity index (χ1n) is 12.8. The number of nitrogens with zero attached hydrogens (tertiary/aromatic N) is 2. The van der Waals surface area contributed by atoms with Gasteiger partial charge in [-0.15, -0.1) is 9.13 Å². The first kappa shape index (κ1) is 21.0. The van der Waals surface area contributed by atoms with E-state index in [9.17, 15) is 0 Å². The van der Waals surface area contributed by atoms with Crippen LogP contribution in [0.4, 0.5) is 0 Å². The standard InChI is InChI=1S/C34H28N2/c1-23-10-3-5-13-28(23)32-15-7-8-18-35(32)33-22-27-21-30-26(17-16-25-12-4-6-14-29(25)30)20-31(27)34-24(2)11-9-19-36(33)34/h3-10,12-22,24H,11H2,1-2H3/q+2. The molecule has 1 unspecified atom stereocenters. The van der Waals surface area contributed by atoms with Crippen LogP contribution in [0.5, 0.6) is 0 Å². The molecule has 3 heterocycles. The van der Waals surface area contributed by atoms with Gasteiger partial charge >= 0.3 is 5.82 Å². The van der Waals surface area contributed by atoms with Crippen molar-refractivity contribution in [1.82, 2.24) is 0 Å². The predicted octanol–water partition coefficient (Wildman–Crippen LogP) is 7.66. The molecule has 0 N–H and O–H groups in total. The van der Waals surface area contributed by atoms with E-state index in [1.807, 2.05) is 0 Å². The molecule has 172 valence electrons. The van der Waals surface area contributed by atoms with E-state index in [4.69, 9.17) is 0 Å². The number of aromatic nitrogens is 2. The van der Waals surface area contributed by atoms with Gasteiger partial charge in [0, 0.05) is 29.0 Å². The Morgan fingerprint density at radius 3 is 2.39 bits per heavy atom. The number of benzene rings is 4. The van der Waals surface area contributed by atoms with E-state index >= 15 is 0 Å². The lowest BCUT2D eigenvalue weighted by atomic mass is 9.92. The van der Waals surface area contributed by atoms with Crippen LogP contribution >= 0.6 is 0 Å². The van der Waals surface area contributed by atoms with Crippen LogP contribution in [-0.4, -0.2) is 0 Å². The molecule has 0 saturated heterocycles. The van der Waals surface area contributed by atoms with E-state index in [-0.39, 0.29) is 0 Å². The molecule has 1 atom stereocenters. The molecule has 7 rings (SSSR count). The lowest BCUT2D eigenvalue weighted by Gasteiger charge is -2.16. The Morgan fingerprint density at radius 2 is 1.47 bits per heavy atom. The zero-order chi connectivity index (χ0) is 24.2. The Balaban J connectivity index is 1.59. The first-order chi connectivity index (χ1) is 17.7. The van der Waals surface area contributed by atoms with Crippen molar-refractivity contribution in [2.24, 2.45) is 0 Å². The number of rotatable bonds is 2. The van der Waals surface area contributed by atoms with Crippen molar-refractivity contribution in [3.63, 3.8) is 0 Å². The molecule has 1 aliphatic rings. The Labute approximate surface area is 211 Å². The monoisotopic (exact) mass is 464 g/mol. The summed E-state index contributed by atoms with van der Waals surface area (Å²) in [6.07, 6.45) is 7.81. The van der Waals surface area contributed by atoms with Crippen LogP contribution in [0, 0.1) is 6.92 Å². The van der Waals surface area contributed by atoms with Gasteiger partial charge in [-0.1, -0.05) is 61.5 Å². The second kappa shape index (κ2) is 8.13. The number of pyridine rings is 2. The normalized spacial score (nSPS) is 15.0. The smallest absolute Gasteiger partial charge is 0.108 e. The first-order valence-corrected chi connectivity index (χ1v) is 12.8. The maximum atomic E-state index is 2.41. The van der Waals surface area contributed by atoms with Crippen molar-refractivity contribution < 1.29 is 9.13 Å². The van der Waals surface area contributed by atoms with E-state index in [0.29, 0.717) is 5.92 Å². The van der Waals surface area contributed by atoms with Crippen molar-refractivity contribution in [3.05, 3.63) is 121 Å². The van der Waals surface area contributed by atoms with Gasteiger partial charge < -0.3 is 0 Å². The lowest BCUT2D eigenvalue weighted by Crippen LogP contribution is -2.50. The van der Waals surface area contributed by atoms with Crippen molar-refractivity contribution in [2.75, 3.05) is 0 Å². The SMILES string of the molecule is Cc1ccccc1-c1cccc[n+]1-c1cc2cc3c(ccc4ccccc43)cc2c2[n+]1C=CCC2C. The number of hydrogen-bond acceptors (Lipinski definition) is 0. The minimum absolute atomic E-state index is 0.432. The van der Waals surface area contributed by atoms with Crippen molar-refractivity contribution in [3.8, 4) is 17.1 Å². The minimum atomic E-state index is 0.432. The van der Waals surface area contributed by atoms with Crippen LogP contribution in [0.2, 0.25) is 0 Å². The average molecular weight is 465 g/mol. The van der Waals surface area contributed by atoms with Crippen LogP contribution in [0.3, 0.4) is 0 Å². The second-order valence-electron chi connectivity index (χ2n) is 10.00. The highest BCUT2D eigenvalue weighted by Gasteiger charge is 2.34. The molecule has 0 aliphatic carbocycles. The van der Waals surface area contributed by atoms with Gasteiger partial charge in [0.2, 0.25) is 11.4 Å². The summed E-state index contributed by atoms with van der Waals surface area (Å²) in [5, 5.41) is 7.83. The van der Waals surface area contributed by atoms with Crippen molar-refractivity contribution in [2.45, 2.75) is 26.2 Å². The maximum absolute atomic E-state index is 2.41. The fourth-order valence-electron chi connectivity index (χ4n) is 5.92. The summed E-state index contributed by atoms with van der Waals surface area (Å²) in [6.45, 7) is 4.54. The molecule has 0 radical (unpaired) electrons. The Kier molecular flexibility index (Phi) is 4.75. The van der Waals surface area contributed by atoms with Crippen LogP contribution in [-0.2, 0) is 0 Å². The van der Waals surface area contributed by atoms with Gasteiger partial charge in [0.25, 0.3) is 0 Å². The van der Waals surface area contributed by atoms with Crippen LogP contribution in [0.15, 0.2) is 109 Å². The molecule has 2 nitrogen and oxygen atoms in total. The molecule has 0 saturated carbocycles. The van der Waals surface area contributed by atoms with Gasteiger partial charge in [-0.2, -0.15) is 0 Å². The highest BCUT2D eigenvalue weighted by Crippen LogP contribution is 2.34. The molecule has 0 fully saturated rings. The molecule has 0 bridgehead atoms.